The van der Waals surface area contributed by atoms with Crippen LogP contribution in [0.25, 0.3) is 0 Å². The van der Waals surface area contributed by atoms with Crippen molar-refractivity contribution in [2.24, 2.45) is 0 Å². The van der Waals surface area contributed by atoms with E-state index in [2.05, 4.69) is 31.1 Å². The molecule has 98 valence electrons. The number of nitrogens with zero attached hydrogens (tertiary/aromatic N) is 1. The molecule has 0 heterocycles. The number of hydrogen-bond donors (Lipinski definition) is 1. The van der Waals surface area contributed by atoms with Crippen molar-refractivity contribution in [3.8, 4) is 0 Å². The number of rotatable bonds is 11. The van der Waals surface area contributed by atoms with Crippen LogP contribution in [-0.2, 0) is 4.74 Å². The van der Waals surface area contributed by atoms with Crippen molar-refractivity contribution in [3.63, 3.8) is 0 Å². The van der Waals surface area contributed by atoms with E-state index >= 15 is 0 Å². The monoisotopic (exact) mass is 230 g/mol. The van der Waals surface area contributed by atoms with E-state index in [1.807, 2.05) is 0 Å². The number of nitrogens with one attached hydrogen (secondary N) is 1. The van der Waals surface area contributed by atoms with Gasteiger partial charge in [-0.25, -0.2) is 0 Å². The molecule has 0 aromatic rings. The highest BCUT2D eigenvalue weighted by Crippen LogP contribution is 2.00. The molecule has 0 aromatic carbocycles. The fraction of sp³-hybridized carbons (Fsp3) is 1.00. The van der Waals surface area contributed by atoms with Crippen molar-refractivity contribution in [1.29, 1.82) is 0 Å². The Balaban J connectivity index is 3.36. The zero-order chi connectivity index (χ0) is 12.2. The number of likely N-dealkylation sites (N-methyl/N-ethyl adjacent to an activating group) is 1. The molecule has 0 radical (unpaired) electrons. The van der Waals surface area contributed by atoms with Crippen LogP contribution in [0.5, 0.6) is 0 Å². The summed E-state index contributed by atoms with van der Waals surface area (Å²) >= 11 is 0. The summed E-state index contributed by atoms with van der Waals surface area (Å²) in [6, 6.07) is 0.624. The zero-order valence-electron chi connectivity index (χ0n) is 11.6. The maximum Gasteiger partial charge on any atom is 0.0474 e. The average Bonchev–Trinajstić information content (AvgIpc) is 2.28. The topological polar surface area (TPSA) is 24.5 Å². The molecule has 0 aliphatic heterocycles. The summed E-state index contributed by atoms with van der Waals surface area (Å²) in [7, 11) is 3.97. The molecule has 3 nitrogen and oxygen atoms in total. The third kappa shape index (κ3) is 9.13. The zero-order valence-corrected chi connectivity index (χ0v) is 11.6. The van der Waals surface area contributed by atoms with Gasteiger partial charge in [-0.2, -0.15) is 0 Å². The molecule has 1 atom stereocenters. The summed E-state index contributed by atoms with van der Waals surface area (Å²) in [4.78, 5) is 2.44. The van der Waals surface area contributed by atoms with E-state index in [0.717, 1.165) is 26.1 Å². The molecular weight excluding hydrogens is 200 g/mol. The van der Waals surface area contributed by atoms with Crippen LogP contribution in [0.3, 0.4) is 0 Å². The van der Waals surface area contributed by atoms with Crippen LogP contribution >= 0.6 is 0 Å². The average molecular weight is 230 g/mol. The van der Waals surface area contributed by atoms with Crippen LogP contribution in [0.2, 0.25) is 0 Å². The normalized spacial score (nSPS) is 13.3. The van der Waals surface area contributed by atoms with E-state index in [9.17, 15) is 0 Å². The van der Waals surface area contributed by atoms with E-state index in [-0.39, 0.29) is 0 Å². The highest BCUT2D eigenvalue weighted by Gasteiger charge is 2.07. The van der Waals surface area contributed by atoms with Crippen molar-refractivity contribution >= 4 is 0 Å². The molecule has 0 bridgehead atoms. The molecule has 0 saturated heterocycles. The molecule has 1 unspecified atom stereocenters. The van der Waals surface area contributed by atoms with Crippen molar-refractivity contribution in [1.82, 2.24) is 10.2 Å². The minimum atomic E-state index is 0.624. The van der Waals surface area contributed by atoms with Gasteiger partial charge in [-0.15, -0.1) is 0 Å². The van der Waals surface area contributed by atoms with Gasteiger partial charge in [-0.05, 0) is 39.9 Å². The Hall–Kier alpha value is -0.120. The first-order chi connectivity index (χ1) is 7.72. The van der Waals surface area contributed by atoms with Gasteiger partial charge in [0, 0.05) is 26.3 Å². The second-order valence-electron chi connectivity index (χ2n) is 4.59. The Labute approximate surface area is 102 Å². The molecule has 0 spiro atoms. The first-order valence-electron chi connectivity index (χ1n) is 6.62. The van der Waals surface area contributed by atoms with Gasteiger partial charge in [-0.3, -0.25) is 0 Å². The summed E-state index contributed by atoms with van der Waals surface area (Å²) < 4.78 is 5.01. The standard InChI is InChI=1S/C13H30N2O/c1-5-6-7-10-15(3)13(2)12-14-9-8-11-16-4/h13-14H,5-12H2,1-4H3. The number of hydrogen-bond acceptors (Lipinski definition) is 3. The van der Waals surface area contributed by atoms with Crippen LogP contribution in [0.15, 0.2) is 0 Å². The van der Waals surface area contributed by atoms with Crippen molar-refractivity contribution < 1.29 is 4.74 Å². The van der Waals surface area contributed by atoms with Gasteiger partial charge < -0.3 is 15.0 Å². The summed E-state index contributed by atoms with van der Waals surface area (Å²) in [5, 5.41) is 3.47. The van der Waals surface area contributed by atoms with E-state index in [1.165, 1.54) is 25.8 Å². The maximum atomic E-state index is 5.01. The lowest BCUT2D eigenvalue weighted by Gasteiger charge is -2.24. The lowest BCUT2D eigenvalue weighted by Crippen LogP contribution is -2.38. The van der Waals surface area contributed by atoms with Gasteiger partial charge >= 0.3 is 0 Å². The Morgan fingerprint density at radius 1 is 1.25 bits per heavy atom. The van der Waals surface area contributed by atoms with Crippen LogP contribution in [-0.4, -0.2) is 51.3 Å². The molecule has 0 rings (SSSR count). The maximum absolute atomic E-state index is 5.01. The van der Waals surface area contributed by atoms with Crippen molar-refractivity contribution in [2.45, 2.75) is 45.6 Å². The fourth-order valence-electron chi connectivity index (χ4n) is 1.64. The van der Waals surface area contributed by atoms with E-state index in [4.69, 9.17) is 4.74 Å². The molecule has 0 aromatic heterocycles. The van der Waals surface area contributed by atoms with Gasteiger partial charge in [0.15, 0.2) is 0 Å². The lowest BCUT2D eigenvalue weighted by molar-refractivity contribution is 0.192. The predicted octanol–water partition coefficient (Wildman–Crippen LogP) is 2.12. The SMILES string of the molecule is CCCCCN(C)C(C)CNCCCOC. The van der Waals surface area contributed by atoms with E-state index in [0.29, 0.717) is 6.04 Å². The van der Waals surface area contributed by atoms with Crippen molar-refractivity contribution in [3.05, 3.63) is 0 Å². The third-order valence-corrected chi connectivity index (χ3v) is 3.01. The molecule has 0 aliphatic carbocycles. The summed E-state index contributed by atoms with van der Waals surface area (Å²) in [5.41, 5.74) is 0. The fourth-order valence-corrected chi connectivity index (χ4v) is 1.64. The molecule has 3 heteroatoms. The largest absolute Gasteiger partial charge is 0.385 e. The summed E-state index contributed by atoms with van der Waals surface area (Å²) in [6.07, 6.45) is 5.07. The van der Waals surface area contributed by atoms with Crippen LogP contribution in [0.1, 0.15) is 39.5 Å². The Morgan fingerprint density at radius 3 is 2.62 bits per heavy atom. The third-order valence-electron chi connectivity index (χ3n) is 3.01. The minimum absolute atomic E-state index is 0.624. The van der Waals surface area contributed by atoms with E-state index < -0.39 is 0 Å². The quantitative estimate of drug-likeness (QED) is 0.550. The molecule has 0 saturated carbocycles. The van der Waals surface area contributed by atoms with Crippen LogP contribution in [0, 0.1) is 0 Å². The number of methoxy groups -OCH3 is 1. The number of unbranched alkanes of at least 4 members (excludes halogenated alkanes) is 2. The first kappa shape index (κ1) is 15.9. The molecule has 0 fully saturated rings. The minimum Gasteiger partial charge on any atom is -0.385 e. The molecule has 1 N–H and O–H groups in total. The predicted molar refractivity (Wildman–Crippen MR) is 71.0 cm³/mol. The molecule has 0 amide bonds. The molecule has 0 aliphatic rings. The van der Waals surface area contributed by atoms with Gasteiger partial charge in [0.2, 0.25) is 0 Å². The summed E-state index contributed by atoms with van der Waals surface area (Å²) in [6.45, 7) is 8.74. The van der Waals surface area contributed by atoms with Gasteiger partial charge in [-0.1, -0.05) is 19.8 Å². The van der Waals surface area contributed by atoms with Gasteiger partial charge in [0.25, 0.3) is 0 Å². The summed E-state index contributed by atoms with van der Waals surface area (Å²) in [5.74, 6) is 0. The van der Waals surface area contributed by atoms with Gasteiger partial charge in [0.1, 0.15) is 0 Å². The smallest absolute Gasteiger partial charge is 0.0474 e. The Bertz CT molecular complexity index is 142. The number of ether oxygens (including phenoxy) is 1. The van der Waals surface area contributed by atoms with Crippen molar-refractivity contribution in [2.75, 3.05) is 40.4 Å². The molecule has 16 heavy (non-hydrogen) atoms. The lowest BCUT2D eigenvalue weighted by atomic mass is 10.2. The Morgan fingerprint density at radius 2 is 2.00 bits per heavy atom. The second kappa shape index (κ2) is 11.4. The van der Waals surface area contributed by atoms with Crippen LogP contribution < -0.4 is 5.32 Å². The van der Waals surface area contributed by atoms with Gasteiger partial charge in [0.05, 0.1) is 0 Å². The second-order valence-corrected chi connectivity index (χ2v) is 4.59. The highest BCUT2D eigenvalue weighted by atomic mass is 16.5. The highest BCUT2D eigenvalue weighted by molar-refractivity contribution is 4.66. The molecular formula is C13H30N2O. The Kier molecular flexibility index (Phi) is 11.3. The van der Waals surface area contributed by atoms with Crippen LogP contribution in [0.4, 0.5) is 0 Å². The van der Waals surface area contributed by atoms with E-state index in [1.54, 1.807) is 7.11 Å². The first-order valence-corrected chi connectivity index (χ1v) is 6.62.